The van der Waals surface area contributed by atoms with E-state index < -0.39 is 0 Å². The fraction of sp³-hybridized carbons (Fsp3) is 0.385. The molecule has 0 spiro atoms. The van der Waals surface area contributed by atoms with Gasteiger partial charge in [-0.25, -0.2) is 4.68 Å². The van der Waals surface area contributed by atoms with Crippen LogP contribution in [0.3, 0.4) is 0 Å². The van der Waals surface area contributed by atoms with Crippen molar-refractivity contribution in [3.63, 3.8) is 0 Å². The maximum Gasteiger partial charge on any atom is 0.209 e. The number of nitrogens with two attached hydrogens (primary N) is 1. The van der Waals surface area contributed by atoms with E-state index >= 15 is 0 Å². The van der Waals surface area contributed by atoms with Crippen LogP contribution in [0.1, 0.15) is 24.6 Å². The Hall–Kier alpha value is -1.21. The molecule has 1 heterocycles. The summed E-state index contributed by atoms with van der Waals surface area (Å²) in [5.74, 6) is 9.05. The van der Waals surface area contributed by atoms with Crippen LogP contribution in [0.4, 0.5) is 0 Å². The Morgan fingerprint density at radius 2 is 2.05 bits per heavy atom. The zero-order valence-electron chi connectivity index (χ0n) is 10.8. The number of thioether (sulfide) groups is 1. The molecular weight excluding hydrogens is 340 g/mol. The van der Waals surface area contributed by atoms with Crippen LogP contribution in [-0.2, 0) is 0 Å². The van der Waals surface area contributed by atoms with Gasteiger partial charge in [0.25, 0.3) is 0 Å². The second-order valence-electron chi connectivity index (χ2n) is 4.64. The minimum Gasteiger partial charge on any atom is -0.493 e. The van der Waals surface area contributed by atoms with E-state index in [4.69, 9.17) is 10.6 Å². The van der Waals surface area contributed by atoms with Gasteiger partial charge in [0.15, 0.2) is 5.82 Å². The summed E-state index contributed by atoms with van der Waals surface area (Å²) in [6.45, 7) is 0.609. The molecule has 0 aliphatic heterocycles. The van der Waals surface area contributed by atoms with E-state index in [1.54, 1.807) is 16.4 Å². The van der Waals surface area contributed by atoms with Crippen molar-refractivity contribution >= 4 is 27.7 Å². The molecule has 0 unspecified atom stereocenters. The number of hydrogen-bond acceptors (Lipinski definition) is 5. The number of benzene rings is 1. The predicted octanol–water partition coefficient (Wildman–Crippen LogP) is 2.80. The maximum absolute atomic E-state index is 5.98. The van der Waals surface area contributed by atoms with Crippen molar-refractivity contribution in [3.05, 3.63) is 34.6 Å². The summed E-state index contributed by atoms with van der Waals surface area (Å²) in [4.78, 5) is 0. The molecule has 20 heavy (non-hydrogen) atoms. The highest BCUT2D eigenvalue weighted by Crippen LogP contribution is 2.39. The average Bonchev–Trinajstić information content (AvgIpc) is 3.22. The van der Waals surface area contributed by atoms with Gasteiger partial charge in [0.1, 0.15) is 5.75 Å². The molecule has 5 nitrogen and oxygen atoms in total. The van der Waals surface area contributed by atoms with E-state index in [1.165, 1.54) is 12.8 Å². The van der Waals surface area contributed by atoms with Crippen molar-refractivity contribution in [2.75, 3.05) is 18.2 Å². The van der Waals surface area contributed by atoms with Gasteiger partial charge in [-0.3, -0.25) is 0 Å². The summed E-state index contributed by atoms with van der Waals surface area (Å²) in [7, 11) is 0. The van der Waals surface area contributed by atoms with Gasteiger partial charge >= 0.3 is 0 Å². The highest BCUT2D eigenvalue weighted by molar-refractivity contribution is 9.10. The maximum atomic E-state index is 5.98. The summed E-state index contributed by atoms with van der Waals surface area (Å²) >= 11 is 4.96. The van der Waals surface area contributed by atoms with E-state index in [-0.39, 0.29) is 0 Å². The van der Waals surface area contributed by atoms with Crippen LogP contribution in [0.5, 0.6) is 5.75 Å². The van der Waals surface area contributed by atoms with E-state index in [2.05, 4.69) is 26.1 Å². The van der Waals surface area contributed by atoms with Crippen molar-refractivity contribution < 1.29 is 4.74 Å². The first-order valence-electron chi connectivity index (χ1n) is 6.45. The molecule has 2 aromatic rings. The zero-order valence-corrected chi connectivity index (χ0v) is 13.2. The Morgan fingerprint density at radius 3 is 2.75 bits per heavy atom. The molecule has 1 saturated carbocycles. The Kier molecular flexibility index (Phi) is 4.16. The Balaban J connectivity index is 1.46. The molecule has 0 saturated heterocycles. The number of halogens is 1. The molecule has 3 rings (SSSR count). The number of aromatic nitrogens is 3. The van der Waals surface area contributed by atoms with Gasteiger partial charge in [-0.2, -0.15) is 0 Å². The van der Waals surface area contributed by atoms with Gasteiger partial charge in [-0.1, -0.05) is 27.7 Å². The highest BCUT2D eigenvalue weighted by atomic mass is 79.9. The number of hydrogen-bond donors (Lipinski definition) is 1. The summed E-state index contributed by atoms with van der Waals surface area (Å²) in [6, 6.07) is 7.79. The van der Waals surface area contributed by atoms with E-state index in [9.17, 15) is 0 Å². The molecule has 106 valence electrons. The lowest BCUT2D eigenvalue weighted by Crippen LogP contribution is -2.14. The third-order valence-corrected chi connectivity index (χ3v) is 4.47. The number of rotatable bonds is 6. The van der Waals surface area contributed by atoms with Gasteiger partial charge < -0.3 is 10.6 Å². The summed E-state index contributed by atoms with van der Waals surface area (Å²) in [6.07, 6.45) is 2.35. The molecule has 0 radical (unpaired) electrons. The summed E-state index contributed by atoms with van der Waals surface area (Å²) in [5, 5.41) is 9.02. The molecule has 1 fully saturated rings. The van der Waals surface area contributed by atoms with Gasteiger partial charge in [-0.05, 0) is 37.1 Å². The van der Waals surface area contributed by atoms with Crippen LogP contribution in [0, 0.1) is 0 Å². The smallest absolute Gasteiger partial charge is 0.209 e. The van der Waals surface area contributed by atoms with Crippen molar-refractivity contribution in [1.82, 2.24) is 14.9 Å². The molecule has 7 heteroatoms. The zero-order chi connectivity index (χ0) is 13.9. The largest absolute Gasteiger partial charge is 0.493 e. The quantitative estimate of drug-likeness (QED) is 0.490. The normalized spacial score (nSPS) is 14.4. The second-order valence-corrected chi connectivity index (χ2v) is 6.61. The monoisotopic (exact) mass is 354 g/mol. The lowest BCUT2D eigenvalue weighted by Gasteiger charge is -2.06. The first kappa shape index (κ1) is 13.8. The average molecular weight is 355 g/mol. The standard InChI is InChI=1S/C13H15BrN4OS/c14-10-3-5-11(6-4-10)19-7-8-20-13-17-16-12(18(13)15)9-1-2-9/h3-6,9H,1-2,7-8,15H2. The van der Waals surface area contributed by atoms with Crippen LogP contribution in [0.2, 0.25) is 0 Å². The SMILES string of the molecule is Nn1c(SCCOc2ccc(Br)cc2)nnc1C1CC1. The molecule has 0 atom stereocenters. The number of ether oxygens (including phenoxy) is 1. The van der Waals surface area contributed by atoms with Crippen molar-refractivity contribution in [1.29, 1.82) is 0 Å². The molecule has 1 aliphatic carbocycles. The molecule has 2 N–H and O–H groups in total. The van der Waals surface area contributed by atoms with Gasteiger partial charge in [0.2, 0.25) is 5.16 Å². The predicted molar refractivity (Wildman–Crippen MR) is 82.5 cm³/mol. The van der Waals surface area contributed by atoms with Crippen LogP contribution in [0.25, 0.3) is 0 Å². The van der Waals surface area contributed by atoms with Crippen molar-refractivity contribution in [2.45, 2.75) is 23.9 Å². The molecule has 1 aromatic heterocycles. The molecule has 1 aliphatic rings. The lowest BCUT2D eigenvalue weighted by atomic mass is 10.3. The van der Waals surface area contributed by atoms with Gasteiger partial charge in [0.05, 0.1) is 6.61 Å². The Labute approximate surface area is 130 Å². The number of nitrogens with zero attached hydrogens (tertiary/aromatic N) is 3. The van der Waals surface area contributed by atoms with Gasteiger partial charge in [0, 0.05) is 16.1 Å². The lowest BCUT2D eigenvalue weighted by molar-refractivity contribution is 0.344. The molecule has 1 aromatic carbocycles. The Bertz CT molecular complexity index is 583. The minimum absolute atomic E-state index is 0.515. The first-order chi connectivity index (χ1) is 9.74. The second kappa shape index (κ2) is 6.05. The highest BCUT2D eigenvalue weighted by Gasteiger charge is 2.29. The summed E-state index contributed by atoms with van der Waals surface area (Å²) < 4.78 is 8.31. The fourth-order valence-electron chi connectivity index (χ4n) is 1.83. The minimum atomic E-state index is 0.515. The molecule has 0 amide bonds. The van der Waals surface area contributed by atoms with Gasteiger partial charge in [-0.15, -0.1) is 10.2 Å². The number of nitrogen functional groups attached to an aromatic ring is 1. The van der Waals surface area contributed by atoms with Crippen LogP contribution in [0.15, 0.2) is 33.9 Å². The fourth-order valence-corrected chi connectivity index (χ4v) is 2.77. The van der Waals surface area contributed by atoms with Crippen LogP contribution in [-0.4, -0.2) is 27.2 Å². The van der Waals surface area contributed by atoms with E-state index in [0.717, 1.165) is 27.0 Å². The first-order valence-corrected chi connectivity index (χ1v) is 8.23. The van der Waals surface area contributed by atoms with E-state index in [0.29, 0.717) is 12.5 Å². The third-order valence-electron chi connectivity index (χ3n) is 3.03. The Morgan fingerprint density at radius 1 is 1.30 bits per heavy atom. The van der Waals surface area contributed by atoms with E-state index in [1.807, 2.05) is 24.3 Å². The van der Waals surface area contributed by atoms with Crippen molar-refractivity contribution in [3.8, 4) is 5.75 Å². The molecule has 0 bridgehead atoms. The topological polar surface area (TPSA) is 66.0 Å². The van der Waals surface area contributed by atoms with Crippen LogP contribution >= 0.6 is 27.7 Å². The van der Waals surface area contributed by atoms with Crippen LogP contribution < -0.4 is 10.6 Å². The van der Waals surface area contributed by atoms with Crippen molar-refractivity contribution in [2.24, 2.45) is 0 Å². The summed E-state index contributed by atoms with van der Waals surface area (Å²) in [5.41, 5.74) is 0. The third kappa shape index (κ3) is 3.27. The molecular formula is C13H15BrN4OS.